The molecule has 0 bridgehead atoms. The number of carbonyl (C=O) groups is 2. The maximum Gasteiger partial charge on any atom is 0.134 e. The molecule has 0 aromatic rings. The molecule has 2 rings (SSSR count). The summed E-state index contributed by atoms with van der Waals surface area (Å²) in [7, 11) is 0. The zero-order chi connectivity index (χ0) is 11.1. The Morgan fingerprint density at radius 3 is 2.27 bits per heavy atom. The molecule has 2 nitrogen and oxygen atoms in total. The summed E-state index contributed by atoms with van der Waals surface area (Å²) in [5.74, 6) is 0.729. The summed E-state index contributed by atoms with van der Waals surface area (Å²) >= 11 is 0. The summed E-state index contributed by atoms with van der Waals surface area (Å²) in [4.78, 5) is 23.3. The number of ketones is 2. The molecular formula is C13H20O2. The molecule has 2 fully saturated rings. The van der Waals surface area contributed by atoms with E-state index in [1.54, 1.807) is 0 Å². The van der Waals surface area contributed by atoms with Gasteiger partial charge in [-0.25, -0.2) is 0 Å². The highest BCUT2D eigenvalue weighted by Gasteiger charge is 2.45. The normalized spacial score (nSPS) is 35.9. The van der Waals surface area contributed by atoms with Crippen LogP contribution in [0.2, 0.25) is 0 Å². The molecule has 2 aliphatic rings. The second-order valence-corrected chi connectivity index (χ2v) is 6.30. The van der Waals surface area contributed by atoms with Crippen LogP contribution in [0.15, 0.2) is 0 Å². The molecule has 2 saturated carbocycles. The van der Waals surface area contributed by atoms with Gasteiger partial charge in [-0.15, -0.1) is 0 Å². The number of carbonyl (C=O) groups excluding carboxylic acids is 2. The van der Waals surface area contributed by atoms with Crippen molar-refractivity contribution < 1.29 is 9.59 Å². The van der Waals surface area contributed by atoms with Gasteiger partial charge in [-0.3, -0.25) is 9.59 Å². The minimum absolute atomic E-state index is 0.0359. The summed E-state index contributed by atoms with van der Waals surface area (Å²) < 4.78 is 0. The van der Waals surface area contributed by atoms with E-state index in [0.29, 0.717) is 30.8 Å². The van der Waals surface area contributed by atoms with Crippen LogP contribution in [0.25, 0.3) is 0 Å². The quantitative estimate of drug-likeness (QED) is 0.613. The van der Waals surface area contributed by atoms with E-state index >= 15 is 0 Å². The standard InChI is InChI=1S/C13H20O2/c1-12(2)6-11(15)8-13(9-12)5-3-4-10(14)7-13/h3-9H2,1-2H3/t13-/m1/s1. The summed E-state index contributed by atoms with van der Waals surface area (Å²) in [6.07, 6.45) is 5.86. The fraction of sp³-hybridized carbons (Fsp3) is 0.846. The second kappa shape index (κ2) is 3.43. The highest BCUT2D eigenvalue weighted by atomic mass is 16.1. The predicted molar refractivity (Wildman–Crippen MR) is 58.5 cm³/mol. The van der Waals surface area contributed by atoms with Gasteiger partial charge in [0.2, 0.25) is 0 Å². The van der Waals surface area contributed by atoms with Crippen LogP contribution < -0.4 is 0 Å². The van der Waals surface area contributed by atoms with E-state index in [2.05, 4.69) is 13.8 Å². The Kier molecular flexibility index (Phi) is 2.48. The number of Topliss-reactive ketones (excluding diaryl/α,β-unsaturated/α-hetero) is 2. The van der Waals surface area contributed by atoms with E-state index in [4.69, 9.17) is 0 Å². The van der Waals surface area contributed by atoms with Crippen molar-refractivity contribution in [2.45, 2.75) is 58.8 Å². The van der Waals surface area contributed by atoms with Crippen LogP contribution in [-0.4, -0.2) is 11.6 Å². The molecule has 0 aromatic carbocycles. The zero-order valence-electron chi connectivity index (χ0n) is 9.77. The SMILES string of the molecule is CC1(C)CC(=O)C[C@]2(CCCC(=O)C2)C1. The monoisotopic (exact) mass is 208 g/mol. The molecule has 2 heteroatoms. The largest absolute Gasteiger partial charge is 0.300 e. The Labute approximate surface area is 91.4 Å². The Bertz CT molecular complexity index is 300. The van der Waals surface area contributed by atoms with E-state index in [0.717, 1.165) is 25.7 Å². The topological polar surface area (TPSA) is 34.1 Å². The van der Waals surface area contributed by atoms with E-state index < -0.39 is 0 Å². The van der Waals surface area contributed by atoms with Crippen LogP contribution in [0.3, 0.4) is 0 Å². The van der Waals surface area contributed by atoms with Crippen molar-refractivity contribution in [3.63, 3.8) is 0 Å². The van der Waals surface area contributed by atoms with Gasteiger partial charge in [-0.05, 0) is 30.1 Å². The molecule has 0 unspecified atom stereocenters. The molecule has 0 aliphatic heterocycles. The molecule has 0 saturated heterocycles. The average Bonchev–Trinajstić information content (AvgIpc) is 1.97. The first-order valence-corrected chi connectivity index (χ1v) is 5.94. The Balaban J connectivity index is 2.19. The Morgan fingerprint density at radius 2 is 1.67 bits per heavy atom. The molecule has 2 aliphatic carbocycles. The second-order valence-electron chi connectivity index (χ2n) is 6.30. The summed E-state index contributed by atoms with van der Waals surface area (Å²) in [6.45, 7) is 4.32. The van der Waals surface area contributed by atoms with Crippen LogP contribution in [0.5, 0.6) is 0 Å². The molecule has 1 atom stereocenters. The highest BCUT2D eigenvalue weighted by Crippen LogP contribution is 2.51. The maximum atomic E-state index is 11.7. The molecule has 0 amide bonds. The third-order valence-corrected chi connectivity index (χ3v) is 3.84. The third kappa shape index (κ3) is 2.30. The summed E-state index contributed by atoms with van der Waals surface area (Å²) in [5, 5.41) is 0. The minimum atomic E-state index is 0.0359. The van der Waals surface area contributed by atoms with Crippen molar-refractivity contribution in [1.29, 1.82) is 0 Å². The van der Waals surface area contributed by atoms with Gasteiger partial charge in [-0.2, -0.15) is 0 Å². The molecule has 0 N–H and O–H groups in total. The van der Waals surface area contributed by atoms with E-state index in [1.807, 2.05) is 0 Å². The fourth-order valence-corrected chi connectivity index (χ4v) is 3.71. The summed E-state index contributed by atoms with van der Waals surface area (Å²) in [6, 6.07) is 0. The van der Waals surface area contributed by atoms with Crippen LogP contribution >= 0.6 is 0 Å². The highest BCUT2D eigenvalue weighted by molar-refractivity contribution is 5.84. The lowest BCUT2D eigenvalue weighted by atomic mass is 9.58. The molecule has 0 heterocycles. The average molecular weight is 208 g/mol. The lowest BCUT2D eigenvalue weighted by molar-refractivity contribution is -0.133. The van der Waals surface area contributed by atoms with Gasteiger partial charge in [0, 0.05) is 25.7 Å². The molecule has 15 heavy (non-hydrogen) atoms. The molecule has 1 spiro atoms. The van der Waals surface area contributed by atoms with Crippen LogP contribution in [0, 0.1) is 10.8 Å². The smallest absolute Gasteiger partial charge is 0.134 e. The maximum absolute atomic E-state index is 11.7. The summed E-state index contributed by atoms with van der Waals surface area (Å²) in [5.41, 5.74) is 0.140. The fourth-order valence-electron chi connectivity index (χ4n) is 3.71. The number of hydrogen-bond donors (Lipinski definition) is 0. The van der Waals surface area contributed by atoms with Gasteiger partial charge in [0.05, 0.1) is 0 Å². The van der Waals surface area contributed by atoms with Crippen molar-refractivity contribution in [3.05, 3.63) is 0 Å². The van der Waals surface area contributed by atoms with Gasteiger partial charge < -0.3 is 0 Å². The molecule has 0 radical (unpaired) electrons. The predicted octanol–water partition coefficient (Wildman–Crippen LogP) is 2.90. The van der Waals surface area contributed by atoms with Gasteiger partial charge in [0.25, 0.3) is 0 Å². The molecular weight excluding hydrogens is 188 g/mol. The lowest BCUT2D eigenvalue weighted by Crippen LogP contribution is -2.41. The zero-order valence-corrected chi connectivity index (χ0v) is 9.77. The van der Waals surface area contributed by atoms with Gasteiger partial charge >= 0.3 is 0 Å². The minimum Gasteiger partial charge on any atom is -0.300 e. The first kappa shape index (κ1) is 10.8. The van der Waals surface area contributed by atoms with Gasteiger partial charge in [0.1, 0.15) is 11.6 Å². The van der Waals surface area contributed by atoms with Gasteiger partial charge in [0.15, 0.2) is 0 Å². The van der Waals surface area contributed by atoms with E-state index in [9.17, 15) is 9.59 Å². The molecule has 0 aromatic heterocycles. The first-order chi connectivity index (χ1) is 6.91. The van der Waals surface area contributed by atoms with Crippen molar-refractivity contribution in [3.8, 4) is 0 Å². The first-order valence-electron chi connectivity index (χ1n) is 5.94. The van der Waals surface area contributed by atoms with Crippen molar-refractivity contribution in [1.82, 2.24) is 0 Å². The van der Waals surface area contributed by atoms with Crippen molar-refractivity contribution >= 4 is 11.6 Å². The van der Waals surface area contributed by atoms with E-state index in [-0.39, 0.29) is 10.8 Å². The lowest BCUT2D eigenvalue weighted by Gasteiger charge is -2.45. The van der Waals surface area contributed by atoms with Crippen molar-refractivity contribution in [2.75, 3.05) is 0 Å². The van der Waals surface area contributed by atoms with Gasteiger partial charge in [-0.1, -0.05) is 13.8 Å². The van der Waals surface area contributed by atoms with Crippen LogP contribution in [0.1, 0.15) is 58.8 Å². The van der Waals surface area contributed by atoms with E-state index in [1.165, 1.54) is 0 Å². The number of hydrogen-bond acceptors (Lipinski definition) is 2. The Hall–Kier alpha value is -0.660. The number of rotatable bonds is 0. The van der Waals surface area contributed by atoms with Crippen LogP contribution in [-0.2, 0) is 9.59 Å². The van der Waals surface area contributed by atoms with Crippen LogP contribution in [0.4, 0.5) is 0 Å². The molecule has 84 valence electrons. The third-order valence-electron chi connectivity index (χ3n) is 3.84. The Morgan fingerprint density at radius 1 is 1.00 bits per heavy atom. The van der Waals surface area contributed by atoms with Crippen molar-refractivity contribution in [2.24, 2.45) is 10.8 Å².